The summed E-state index contributed by atoms with van der Waals surface area (Å²) >= 11 is 0. The van der Waals surface area contributed by atoms with Crippen LogP contribution in [0.2, 0.25) is 0 Å². The van der Waals surface area contributed by atoms with Gasteiger partial charge in [0.15, 0.2) is 5.76 Å². The molecule has 2 aromatic rings. The predicted molar refractivity (Wildman–Crippen MR) is 89.7 cm³/mol. The Morgan fingerprint density at radius 1 is 1.29 bits per heavy atom. The smallest absolute Gasteiger partial charge is 0.223 e. The van der Waals surface area contributed by atoms with Gasteiger partial charge in [0.2, 0.25) is 5.91 Å². The molecule has 0 aliphatic heterocycles. The number of fused-ring (bicyclic) bond motifs is 2. The van der Waals surface area contributed by atoms with Crippen molar-refractivity contribution in [2.75, 3.05) is 7.05 Å². The molecule has 1 saturated carbocycles. The lowest BCUT2D eigenvalue weighted by molar-refractivity contribution is -0.131. The van der Waals surface area contributed by atoms with Crippen LogP contribution < -0.4 is 0 Å². The van der Waals surface area contributed by atoms with Crippen LogP contribution in [0, 0.1) is 17.8 Å². The van der Waals surface area contributed by atoms with Crippen molar-refractivity contribution >= 4 is 5.91 Å². The molecule has 1 amide bonds. The minimum absolute atomic E-state index is 0.178. The molecule has 2 bridgehead atoms. The van der Waals surface area contributed by atoms with E-state index in [0.29, 0.717) is 42.2 Å². The van der Waals surface area contributed by atoms with Gasteiger partial charge >= 0.3 is 0 Å². The number of pyridine rings is 1. The molecule has 124 valence electrons. The Hall–Kier alpha value is -2.43. The highest BCUT2D eigenvalue weighted by Crippen LogP contribution is 2.45. The number of aromatic nitrogens is 2. The summed E-state index contributed by atoms with van der Waals surface area (Å²) in [5.41, 5.74) is 1.47. The quantitative estimate of drug-likeness (QED) is 0.792. The van der Waals surface area contributed by atoms with Crippen LogP contribution in [0.5, 0.6) is 0 Å². The Labute approximate surface area is 141 Å². The summed E-state index contributed by atoms with van der Waals surface area (Å²) in [6.07, 6.45) is 9.35. The van der Waals surface area contributed by atoms with E-state index < -0.39 is 0 Å². The normalized spacial score (nSPS) is 24.5. The molecule has 0 aromatic carbocycles. The lowest BCUT2D eigenvalue weighted by Gasteiger charge is -2.21. The van der Waals surface area contributed by atoms with Gasteiger partial charge in [0.05, 0.1) is 12.2 Å². The number of hydrogen-bond acceptors (Lipinski definition) is 4. The summed E-state index contributed by atoms with van der Waals surface area (Å²) in [6, 6.07) is 7.52. The van der Waals surface area contributed by atoms with E-state index in [2.05, 4.69) is 22.3 Å². The molecule has 2 aliphatic rings. The molecule has 1 fully saturated rings. The summed E-state index contributed by atoms with van der Waals surface area (Å²) in [7, 11) is 1.83. The van der Waals surface area contributed by atoms with E-state index in [-0.39, 0.29) is 5.91 Å². The van der Waals surface area contributed by atoms with Crippen molar-refractivity contribution in [1.29, 1.82) is 0 Å². The van der Waals surface area contributed by atoms with Crippen LogP contribution in [0.15, 0.2) is 47.1 Å². The third-order valence-corrected chi connectivity index (χ3v) is 5.16. The number of rotatable bonds is 5. The van der Waals surface area contributed by atoms with Crippen LogP contribution in [0.1, 0.15) is 25.0 Å². The molecule has 2 heterocycles. The molecule has 0 saturated heterocycles. The van der Waals surface area contributed by atoms with E-state index in [4.69, 9.17) is 4.52 Å². The summed E-state index contributed by atoms with van der Waals surface area (Å²) in [6.45, 7) is 0.440. The number of carbonyl (C=O) groups excluding carboxylic acids is 1. The largest absolute Gasteiger partial charge is 0.359 e. The standard InChI is InChI=1S/C19H21N3O2/c1-22(19(23)10-15-9-13-5-6-14(15)8-13)12-16-11-18(21-24-16)17-4-2-3-7-20-17/h2-7,11,13-15H,8-10,12H2,1H3/t13-,14+,15+/m1/s1. The van der Waals surface area contributed by atoms with Crippen molar-refractivity contribution in [2.24, 2.45) is 17.8 Å². The minimum Gasteiger partial charge on any atom is -0.359 e. The molecule has 5 nitrogen and oxygen atoms in total. The summed E-state index contributed by atoms with van der Waals surface area (Å²) in [4.78, 5) is 18.5. The SMILES string of the molecule is CN(Cc1cc(-c2ccccn2)no1)C(=O)C[C@@H]1C[C@@H]2C=C[C@H]1C2. The highest BCUT2D eigenvalue weighted by molar-refractivity contribution is 5.76. The highest BCUT2D eigenvalue weighted by Gasteiger charge is 2.37. The number of carbonyl (C=O) groups is 1. The fraction of sp³-hybridized carbons (Fsp3) is 0.421. The van der Waals surface area contributed by atoms with Gasteiger partial charge in [0, 0.05) is 25.7 Å². The Morgan fingerprint density at radius 2 is 2.21 bits per heavy atom. The third-order valence-electron chi connectivity index (χ3n) is 5.16. The zero-order valence-electron chi connectivity index (χ0n) is 13.8. The molecular weight excluding hydrogens is 302 g/mol. The van der Waals surface area contributed by atoms with Crippen LogP contribution >= 0.6 is 0 Å². The van der Waals surface area contributed by atoms with Gasteiger partial charge in [-0.1, -0.05) is 23.4 Å². The monoisotopic (exact) mass is 323 g/mol. The Balaban J connectivity index is 1.36. The molecule has 0 N–H and O–H groups in total. The van der Waals surface area contributed by atoms with Crippen LogP contribution in [0.3, 0.4) is 0 Å². The van der Waals surface area contributed by atoms with Gasteiger partial charge in [-0.25, -0.2) is 0 Å². The van der Waals surface area contributed by atoms with E-state index in [1.165, 1.54) is 6.42 Å². The van der Waals surface area contributed by atoms with Crippen molar-refractivity contribution in [3.63, 3.8) is 0 Å². The van der Waals surface area contributed by atoms with Crippen molar-refractivity contribution in [2.45, 2.75) is 25.8 Å². The van der Waals surface area contributed by atoms with Crippen LogP contribution in [-0.2, 0) is 11.3 Å². The van der Waals surface area contributed by atoms with Crippen molar-refractivity contribution in [1.82, 2.24) is 15.0 Å². The molecular formula is C19H21N3O2. The maximum absolute atomic E-state index is 12.5. The zero-order chi connectivity index (χ0) is 16.5. The van der Waals surface area contributed by atoms with Gasteiger partial charge in [-0.3, -0.25) is 9.78 Å². The summed E-state index contributed by atoms with van der Waals surface area (Å²) in [5.74, 6) is 2.67. The molecule has 0 spiro atoms. The highest BCUT2D eigenvalue weighted by atomic mass is 16.5. The van der Waals surface area contributed by atoms with Crippen molar-refractivity contribution in [3.05, 3.63) is 48.4 Å². The zero-order valence-corrected chi connectivity index (χ0v) is 13.8. The van der Waals surface area contributed by atoms with E-state index in [0.717, 1.165) is 12.1 Å². The first kappa shape index (κ1) is 15.1. The molecule has 2 aliphatic carbocycles. The van der Waals surface area contributed by atoms with Gasteiger partial charge in [0.25, 0.3) is 0 Å². The van der Waals surface area contributed by atoms with Gasteiger partial charge in [-0.2, -0.15) is 0 Å². The minimum atomic E-state index is 0.178. The molecule has 5 heteroatoms. The maximum Gasteiger partial charge on any atom is 0.223 e. The Morgan fingerprint density at radius 3 is 2.92 bits per heavy atom. The topological polar surface area (TPSA) is 59.2 Å². The first-order chi connectivity index (χ1) is 11.7. The summed E-state index contributed by atoms with van der Waals surface area (Å²) < 4.78 is 5.36. The van der Waals surface area contributed by atoms with Crippen molar-refractivity contribution < 1.29 is 9.32 Å². The van der Waals surface area contributed by atoms with Gasteiger partial charge in [-0.05, 0) is 42.7 Å². The summed E-state index contributed by atoms with van der Waals surface area (Å²) in [5, 5.41) is 4.05. The lowest BCUT2D eigenvalue weighted by atomic mass is 9.90. The second-order valence-electron chi connectivity index (χ2n) is 6.89. The first-order valence-corrected chi connectivity index (χ1v) is 8.48. The van der Waals surface area contributed by atoms with E-state index in [1.54, 1.807) is 11.1 Å². The van der Waals surface area contributed by atoms with E-state index in [1.807, 2.05) is 31.3 Å². The third kappa shape index (κ3) is 2.98. The average Bonchev–Trinajstić information content (AvgIpc) is 3.32. The second-order valence-corrected chi connectivity index (χ2v) is 6.89. The molecule has 0 radical (unpaired) electrons. The number of amides is 1. The second kappa shape index (κ2) is 6.23. The molecule has 24 heavy (non-hydrogen) atoms. The fourth-order valence-corrected chi connectivity index (χ4v) is 3.85. The maximum atomic E-state index is 12.5. The van der Waals surface area contributed by atoms with Gasteiger partial charge in [-0.15, -0.1) is 0 Å². The molecule has 3 atom stereocenters. The van der Waals surface area contributed by atoms with Gasteiger partial charge in [0.1, 0.15) is 5.69 Å². The van der Waals surface area contributed by atoms with E-state index >= 15 is 0 Å². The van der Waals surface area contributed by atoms with Crippen LogP contribution in [0.25, 0.3) is 11.4 Å². The van der Waals surface area contributed by atoms with Crippen LogP contribution in [-0.4, -0.2) is 28.0 Å². The lowest BCUT2D eigenvalue weighted by Crippen LogP contribution is -2.28. The Kier molecular flexibility index (Phi) is 3.92. The predicted octanol–water partition coefficient (Wildman–Crippen LogP) is 3.30. The average molecular weight is 323 g/mol. The van der Waals surface area contributed by atoms with Crippen molar-refractivity contribution in [3.8, 4) is 11.4 Å². The molecule has 0 unspecified atom stereocenters. The van der Waals surface area contributed by atoms with E-state index in [9.17, 15) is 4.79 Å². The fourth-order valence-electron chi connectivity index (χ4n) is 3.85. The number of nitrogens with zero attached hydrogens (tertiary/aromatic N) is 3. The number of hydrogen-bond donors (Lipinski definition) is 0. The number of allylic oxidation sites excluding steroid dienone is 2. The first-order valence-electron chi connectivity index (χ1n) is 8.48. The molecule has 2 aromatic heterocycles. The van der Waals surface area contributed by atoms with Gasteiger partial charge < -0.3 is 9.42 Å². The Bertz CT molecular complexity index is 753. The molecule has 4 rings (SSSR count). The van der Waals surface area contributed by atoms with Crippen LogP contribution in [0.4, 0.5) is 0 Å².